The third-order valence-corrected chi connectivity index (χ3v) is 6.24. The monoisotopic (exact) mass is 278 g/mol. The lowest BCUT2D eigenvalue weighted by molar-refractivity contribution is -0.182. The molecule has 0 aromatic heterocycles. The van der Waals surface area contributed by atoms with Gasteiger partial charge in [0.25, 0.3) is 0 Å². The van der Waals surface area contributed by atoms with Gasteiger partial charge in [-0.3, -0.25) is 4.79 Å². The highest BCUT2D eigenvalue weighted by atomic mass is 16.5. The standard InChI is InChI=1S/C18H30O2/c1-2-14-9-5-6-10-15(14)20-17-13-16(19)18(17)11-7-3-4-8-12-18/h14-15,17H,2-13H2,1H3. The lowest BCUT2D eigenvalue weighted by atomic mass is 9.60. The first-order valence-corrected chi connectivity index (χ1v) is 8.95. The Balaban J connectivity index is 1.65. The lowest BCUT2D eigenvalue weighted by Crippen LogP contribution is -2.56. The van der Waals surface area contributed by atoms with Gasteiger partial charge in [0.05, 0.1) is 17.6 Å². The third kappa shape index (κ3) is 2.56. The van der Waals surface area contributed by atoms with Crippen LogP contribution in [0.15, 0.2) is 0 Å². The second kappa shape index (κ2) is 6.17. The van der Waals surface area contributed by atoms with Crippen LogP contribution in [-0.4, -0.2) is 18.0 Å². The van der Waals surface area contributed by atoms with Crippen LogP contribution in [-0.2, 0) is 9.53 Å². The normalized spacial score (nSPS) is 37.5. The van der Waals surface area contributed by atoms with E-state index in [0.717, 1.165) is 18.8 Å². The Morgan fingerprint density at radius 1 is 1.05 bits per heavy atom. The molecule has 3 unspecified atom stereocenters. The van der Waals surface area contributed by atoms with E-state index < -0.39 is 0 Å². The Morgan fingerprint density at radius 2 is 1.75 bits per heavy atom. The van der Waals surface area contributed by atoms with Crippen molar-refractivity contribution in [2.75, 3.05) is 0 Å². The van der Waals surface area contributed by atoms with Crippen LogP contribution in [0.1, 0.15) is 84.0 Å². The summed E-state index contributed by atoms with van der Waals surface area (Å²) in [6.07, 6.45) is 15.1. The smallest absolute Gasteiger partial charge is 0.144 e. The minimum Gasteiger partial charge on any atom is -0.373 e. The predicted molar refractivity (Wildman–Crippen MR) is 80.7 cm³/mol. The lowest BCUT2D eigenvalue weighted by Gasteiger charge is -2.49. The Labute approximate surface area is 123 Å². The van der Waals surface area contributed by atoms with Gasteiger partial charge in [0.1, 0.15) is 5.78 Å². The fourth-order valence-corrected chi connectivity index (χ4v) is 4.78. The highest BCUT2D eigenvalue weighted by Crippen LogP contribution is 2.50. The van der Waals surface area contributed by atoms with Gasteiger partial charge in [-0.2, -0.15) is 0 Å². The molecule has 1 spiro atoms. The Hall–Kier alpha value is -0.370. The van der Waals surface area contributed by atoms with Crippen LogP contribution in [0.5, 0.6) is 0 Å². The van der Waals surface area contributed by atoms with Crippen LogP contribution < -0.4 is 0 Å². The molecule has 2 nitrogen and oxygen atoms in total. The predicted octanol–water partition coefficient (Wildman–Crippen LogP) is 4.65. The number of ether oxygens (including phenoxy) is 1. The highest BCUT2D eigenvalue weighted by molar-refractivity contribution is 5.92. The summed E-state index contributed by atoms with van der Waals surface area (Å²) < 4.78 is 6.53. The molecule has 0 bridgehead atoms. The van der Waals surface area contributed by atoms with E-state index >= 15 is 0 Å². The van der Waals surface area contributed by atoms with Crippen LogP contribution in [0.3, 0.4) is 0 Å². The summed E-state index contributed by atoms with van der Waals surface area (Å²) in [5, 5.41) is 0. The first-order chi connectivity index (χ1) is 9.76. The van der Waals surface area contributed by atoms with Gasteiger partial charge in [0.2, 0.25) is 0 Å². The van der Waals surface area contributed by atoms with Crippen molar-refractivity contribution in [1.82, 2.24) is 0 Å². The first kappa shape index (κ1) is 14.6. The van der Waals surface area contributed by atoms with Crippen LogP contribution in [0.4, 0.5) is 0 Å². The molecule has 0 radical (unpaired) electrons. The van der Waals surface area contributed by atoms with Gasteiger partial charge in [-0.15, -0.1) is 0 Å². The van der Waals surface area contributed by atoms with Gasteiger partial charge in [0, 0.05) is 6.42 Å². The summed E-state index contributed by atoms with van der Waals surface area (Å²) in [6, 6.07) is 0. The quantitative estimate of drug-likeness (QED) is 0.751. The van der Waals surface area contributed by atoms with E-state index in [4.69, 9.17) is 4.74 Å². The molecule has 2 heteroatoms. The average molecular weight is 278 g/mol. The van der Waals surface area contributed by atoms with E-state index in [1.54, 1.807) is 0 Å². The van der Waals surface area contributed by atoms with Crippen LogP contribution in [0.2, 0.25) is 0 Å². The number of ketones is 1. The molecule has 0 aromatic carbocycles. The number of rotatable bonds is 3. The van der Waals surface area contributed by atoms with E-state index in [1.807, 2.05) is 0 Å². The maximum absolute atomic E-state index is 12.3. The maximum Gasteiger partial charge on any atom is 0.144 e. The molecule has 3 saturated carbocycles. The second-order valence-electron chi connectivity index (χ2n) is 7.31. The molecule has 0 N–H and O–H groups in total. The molecular weight excluding hydrogens is 248 g/mol. The van der Waals surface area contributed by atoms with Gasteiger partial charge >= 0.3 is 0 Å². The molecule has 3 fully saturated rings. The maximum atomic E-state index is 12.3. The van der Waals surface area contributed by atoms with E-state index in [1.165, 1.54) is 57.8 Å². The molecule has 3 aliphatic rings. The zero-order valence-electron chi connectivity index (χ0n) is 13.0. The van der Waals surface area contributed by atoms with E-state index in [0.29, 0.717) is 18.3 Å². The second-order valence-corrected chi connectivity index (χ2v) is 7.31. The number of hydrogen-bond acceptors (Lipinski definition) is 2. The van der Waals surface area contributed by atoms with Crippen molar-refractivity contribution in [2.45, 2.75) is 96.2 Å². The largest absolute Gasteiger partial charge is 0.373 e. The fourth-order valence-electron chi connectivity index (χ4n) is 4.78. The van der Waals surface area contributed by atoms with Crippen molar-refractivity contribution >= 4 is 5.78 Å². The molecule has 0 heterocycles. The third-order valence-electron chi connectivity index (χ3n) is 6.24. The highest BCUT2D eigenvalue weighted by Gasteiger charge is 2.55. The van der Waals surface area contributed by atoms with Gasteiger partial charge in [-0.25, -0.2) is 0 Å². The molecular formula is C18H30O2. The summed E-state index contributed by atoms with van der Waals surface area (Å²) >= 11 is 0. The molecule has 0 aliphatic heterocycles. The van der Waals surface area contributed by atoms with Crippen molar-refractivity contribution in [3.63, 3.8) is 0 Å². The van der Waals surface area contributed by atoms with Crippen molar-refractivity contribution in [1.29, 1.82) is 0 Å². The summed E-state index contributed by atoms with van der Waals surface area (Å²) in [5.74, 6) is 1.25. The molecule has 20 heavy (non-hydrogen) atoms. The molecule has 3 atom stereocenters. The molecule has 0 amide bonds. The van der Waals surface area contributed by atoms with Gasteiger partial charge < -0.3 is 4.74 Å². The first-order valence-electron chi connectivity index (χ1n) is 8.95. The van der Waals surface area contributed by atoms with Gasteiger partial charge in [0.15, 0.2) is 0 Å². The minimum absolute atomic E-state index is 0.0633. The molecule has 0 aromatic rings. The van der Waals surface area contributed by atoms with E-state index in [2.05, 4.69) is 6.92 Å². The van der Waals surface area contributed by atoms with Crippen molar-refractivity contribution in [3.05, 3.63) is 0 Å². The molecule has 0 saturated heterocycles. The number of Topliss-reactive ketones (excluding diaryl/α,β-unsaturated/α-hetero) is 1. The molecule has 3 rings (SSSR count). The zero-order valence-corrected chi connectivity index (χ0v) is 13.0. The summed E-state index contributed by atoms with van der Waals surface area (Å²) in [5.41, 5.74) is -0.0633. The summed E-state index contributed by atoms with van der Waals surface area (Å²) in [7, 11) is 0. The number of carbonyl (C=O) groups excluding carboxylic acids is 1. The Bertz CT molecular complexity index is 341. The van der Waals surface area contributed by atoms with Crippen LogP contribution in [0, 0.1) is 11.3 Å². The Morgan fingerprint density at radius 3 is 2.40 bits per heavy atom. The Kier molecular flexibility index (Phi) is 4.49. The van der Waals surface area contributed by atoms with E-state index in [9.17, 15) is 4.79 Å². The van der Waals surface area contributed by atoms with Gasteiger partial charge in [-0.05, 0) is 31.6 Å². The topological polar surface area (TPSA) is 26.3 Å². The zero-order chi connectivity index (χ0) is 14.0. The number of hydrogen-bond donors (Lipinski definition) is 0. The van der Waals surface area contributed by atoms with E-state index in [-0.39, 0.29) is 11.5 Å². The summed E-state index contributed by atoms with van der Waals surface area (Å²) in [6.45, 7) is 2.29. The van der Waals surface area contributed by atoms with Crippen LogP contribution >= 0.6 is 0 Å². The van der Waals surface area contributed by atoms with Gasteiger partial charge in [-0.1, -0.05) is 51.9 Å². The number of carbonyl (C=O) groups is 1. The van der Waals surface area contributed by atoms with Crippen molar-refractivity contribution in [3.8, 4) is 0 Å². The van der Waals surface area contributed by atoms with Crippen molar-refractivity contribution in [2.24, 2.45) is 11.3 Å². The SMILES string of the molecule is CCC1CCCCC1OC1CC(=O)C12CCCCCC2. The van der Waals surface area contributed by atoms with Crippen molar-refractivity contribution < 1.29 is 9.53 Å². The summed E-state index contributed by atoms with van der Waals surface area (Å²) in [4.78, 5) is 12.3. The van der Waals surface area contributed by atoms with Crippen LogP contribution in [0.25, 0.3) is 0 Å². The molecule has 3 aliphatic carbocycles. The minimum atomic E-state index is -0.0633. The fraction of sp³-hybridized carbons (Fsp3) is 0.944. The average Bonchev–Trinajstić information content (AvgIpc) is 2.75. The molecule has 114 valence electrons.